The molecule has 0 spiro atoms. The van der Waals surface area contributed by atoms with Crippen LogP contribution in [0.1, 0.15) is 32.8 Å². The van der Waals surface area contributed by atoms with Crippen molar-refractivity contribution in [3.63, 3.8) is 0 Å². The average molecular weight is 503 g/mol. The molecular weight excluding hydrogens is 476 g/mol. The zero-order valence-electron chi connectivity index (χ0n) is 18.9. The molecule has 0 aliphatic heterocycles. The number of hydrogen-bond donors (Lipinski definition) is 0. The second-order valence-corrected chi connectivity index (χ2v) is 9.45. The molecule has 4 aromatic rings. The molecule has 0 aromatic heterocycles. The molecular formula is C32H27Zr. The number of fused-ring (bicyclic) bond motifs is 1. The average Bonchev–Trinajstić information content (AvgIpc) is 3.17. The Hall–Kier alpha value is -3.02. The first-order valence-corrected chi connectivity index (χ1v) is 12.7. The molecule has 159 valence electrons. The van der Waals surface area contributed by atoms with Crippen LogP contribution < -0.4 is 0 Å². The van der Waals surface area contributed by atoms with Gasteiger partial charge in [-0.1, -0.05) is 85.0 Å². The monoisotopic (exact) mass is 501 g/mol. The van der Waals surface area contributed by atoms with Gasteiger partial charge in [0.05, 0.1) is 0 Å². The van der Waals surface area contributed by atoms with E-state index >= 15 is 0 Å². The molecule has 1 atom stereocenters. The van der Waals surface area contributed by atoms with E-state index in [4.69, 9.17) is 0 Å². The zero-order valence-corrected chi connectivity index (χ0v) is 21.3. The molecule has 0 heterocycles. The fourth-order valence-corrected chi connectivity index (χ4v) is 4.71. The summed E-state index contributed by atoms with van der Waals surface area (Å²) in [5, 5.41) is 0. The molecule has 0 radical (unpaired) electrons. The Bertz CT molecular complexity index is 1200. The van der Waals surface area contributed by atoms with Crippen molar-refractivity contribution < 1.29 is 24.7 Å². The van der Waals surface area contributed by atoms with E-state index in [2.05, 4.69) is 110 Å². The van der Waals surface area contributed by atoms with Gasteiger partial charge in [-0.25, -0.2) is 0 Å². The van der Waals surface area contributed by atoms with Crippen molar-refractivity contribution in [1.29, 1.82) is 0 Å². The van der Waals surface area contributed by atoms with Crippen molar-refractivity contribution in [2.24, 2.45) is 0 Å². The normalized spacial score (nSPS) is 14.5. The molecule has 0 saturated carbocycles. The molecule has 33 heavy (non-hydrogen) atoms. The third-order valence-corrected chi connectivity index (χ3v) is 7.53. The van der Waals surface area contributed by atoms with E-state index in [0.29, 0.717) is 3.63 Å². The van der Waals surface area contributed by atoms with Gasteiger partial charge in [-0.15, -0.1) is 0 Å². The molecule has 1 unspecified atom stereocenters. The molecule has 0 fully saturated rings. The maximum absolute atomic E-state index is 2.36. The molecule has 1 aliphatic rings. The Morgan fingerprint density at radius 3 is 1.67 bits per heavy atom. The number of benzene rings is 4. The van der Waals surface area contributed by atoms with Crippen LogP contribution >= 0.6 is 0 Å². The summed E-state index contributed by atoms with van der Waals surface area (Å²) in [6.45, 7) is 2.24. The summed E-state index contributed by atoms with van der Waals surface area (Å²) in [4.78, 5) is 0. The molecule has 1 aliphatic carbocycles. The molecule has 1 heteroatoms. The predicted octanol–water partition coefficient (Wildman–Crippen LogP) is 8.77. The van der Waals surface area contributed by atoms with Crippen LogP contribution in [-0.4, -0.2) is 0 Å². The van der Waals surface area contributed by atoms with Crippen molar-refractivity contribution in [2.75, 3.05) is 0 Å². The van der Waals surface area contributed by atoms with Gasteiger partial charge in [0, 0.05) is 0 Å². The van der Waals surface area contributed by atoms with Crippen molar-refractivity contribution in [3.8, 4) is 11.1 Å². The summed E-state index contributed by atoms with van der Waals surface area (Å²) in [5.41, 5.74) is 9.56. The summed E-state index contributed by atoms with van der Waals surface area (Å²) in [7, 11) is 0. The van der Waals surface area contributed by atoms with E-state index in [1.165, 1.54) is 39.0 Å². The van der Waals surface area contributed by atoms with Crippen LogP contribution in [0.3, 0.4) is 0 Å². The first-order valence-electron chi connectivity index (χ1n) is 11.2. The summed E-state index contributed by atoms with van der Waals surface area (Å²) < 4.78 is 0.654. The molecule has 0 amide bonds. The van der Waals surface area contributed by atoms with Gasteiger partial charge < -0.3 is 0 Å². The fourth-order valence-electron chi connectivity index (χ4n) is 3.88. The van der Waals surface area contributed by atoms with Crippen LogP contribution in [-0.2, 0) is 24.7 Å². The Morgan fingerprint density at radius 2 is 1.12 bits per heavy atom. The number of hydrogen-bond acceptors (Lipinski definition) is 0. The fraction of sp³-hybridized carbons (Fsp3) is 0.0625. The van der Waals surface area contributed by atoms with Crippen LogP contribution in [0.15, 0.2) is 127 Å². The van der Waals surface area contributed by atoms with Gasteiger partial charge >= 0.3 is 118 Å². The van der Waals surface area contributed by atoms with Gasteiger partial charge in [0.2, 0.25) is 0 Å². The van der Waals surface area contributed by atoms with Crippen molar-refractivity contribution in [1.82, 2.24) is 0 Å². The molecule has 4 aromatic carbocycles. The second-order valence-electron chi connectivity index (χ2n) is 8.04. The quantitative estimate of drug-likeness (QED) is 0.245. The third kappa shape index (κ3) is 6.28. The molecule has 0 nitrogen and oxygen atoms in total. The number of rotatable bonds is 4. The van der Waals surface area contributed by atoms with E-state index in [0.717, 1.165) is 0 Å². The Kier molecular flexibility index (Phi) is 8.23. The topological polar surface area (TPSA) is 0 Å². The Morgan fingerprint density at radius 1 is 0.606 bits per heavy atom. The summed E-state index contributed by atoms with van der Waals surface area (Å²) in [6, 6.07) is 37.9. The first kappa shape index (κ1) is 23.2. The van der Waals surface area contributed by atoms with E-state index in [-0.39, 0.29) is 0 Å². The standard InChI is InChI=1S/C16H13.C16H14.Zr/c1-12-10-14-8-5-9-15(16(14)11-12)13-6-3-2-4-7-13;1-3-9-15(10-4-1)13-7-8-14-16-11-5-2-6-12-16;/h2-11H,1H3;1-14H;/b;13-7+,14-8+;. The first-order chi connectivity index (χ1) is 16.2. The van der Waals surface area contributed by atoms with E-state index in [1.807, 2.05) is 36.4 Å². The van der Waals surface area contributed by atoms with Crippen molar-refractivity contribution in [2.45, 2.75) is 10.5 Å². The van der Waals surface area contributed by atoms with Crippen LogP contribution in [0.25, 0.3) is 29.4 Å². The van der Waals surface area contributed by atoms with Crippen LogP contribution in [0.5, 0.6) is 0 Å². The summed E-state index contributed by atoms with van der Waals surface area (Å²) in [6.07, 6.45) is 10.7. The molecule has 0 saturated heterocycles. The van der Waals surface area contributed by atoms with Crippen LogP contribution in [0, 0.1) is 0 Å². The summed E-state index contributed by atoms with van der Waals surface area (Å²) >= 11 is 1.58. The van der Waals surface area contributed by atoms with Gasteiger partial charge in [0.25, 0.3) is 0 Å². The van der Waals surface area contributed by atoms with Crippen LogP contribution in [0.2, 0.25) is 0 Å². The van der Waals surface area contributed by atoms with E-state index in [1.54, 1.807) is 24.7 Å². The third-order valence-electron chi connectivity index (χ3n) is 5.65. The number of allylic oxidation sites excluding steroid dienone is 3. The minimum atomic E-state index is 0.654. The SMILES string of the molecule is C(/C=C/c1ccccc1)=C\c1ccccc1.CC1=Cc2c(-c3ccccc3)cccc2[CH]1[Zr]. The molecule has 5 rings (SSSR count). The van der Waals surface area contributed by atoms with Crippen molar-refractivity contribution in [3.05, 3.63) is 149 Å². The van der Waals surface area contributed by atoms with Gasteiger partial charge in [0.15, 0.2) is 0 Å². The van der Waals surface area contributed by atoms with E-state index < -0.39 is 0 Å². The predicted molar refractivity (Wildman–Crippen MR) is 139 cm³/mol. The summed E-state index contributed by atoms with van der Waals surface area (Å²) in [5.74, 6) is 0. The maximum atomic E-state index is 2.36. The minimum absolute atomic E-state index is 0.654. The van der Waals surface area contributed by atoms with E-state index in [9.17, 15) is 0 Å². The second kappa shape index (κ2) is 11.7. The Balaban J connectivity index is 0.000000157. The van der Waals surface area contributed by atoms with Gasteiger partial charge in [-0.2, -0.15) is 0 Å². The van der Waals surface area contributed by atoms with Gasteiger partial charge in [-0.05, 0) is 11.1 Å². The Labute approximate surface area is 212 Å². The van der Waals surface area contributed by atoms with Crippen LogP contribution in [0.4, 0.5) is 0 Å². The molecule has 0 bridgehead atoms. The molecule has 0 N–H and O–H groups in total. The van der Waals surface area contributed by atoms with Gasteiger partial charge in [0.1, 0.15) is 0 Å². The zero-order chi connectivity index (χ0) is 22.9. The van der Waals surface area contributed by atoms with Gasteiger partial charge in [-0.3, -0.25) is 0 Å². The van der Waals surface area contributed by atoms with Crippen molar-refractivity contribution >= 4 is 18.2 Å².